The highest BCUT2D eigenvalue weighted by Crippen LogP contribution is 2.29. The maximum atomic E-state index is 11.1. The summed E-state index contributed by atoms with van der Waals surface area (Å²) in [6.07, 6.45) is 5.69. The summed E-state index contributed by atoms with van der Waals surface area (Å²) in [6, 6.07) is -0.0310. The Labute approximate surface area is 107 Å². The molecule has 1 aromatic rings. The van der Waals surface area contributed by atoms with Crippen molar-refractivity contribution in [2.24, 2.45) is 7.05 Å². The molecular weight excluding hydrogens is 230 g/mol. The molecule has 5 nitrogen and oxygen atoms in total. The van der Waals surface area contributed by atoms with Crippen LogP contribution < -0.4 is 0 Å². The van der Waals surface area contributed by atoms with Crippen molar-refractivity contribution in [2.75, 3.05) is 13.1 Å². The molecule has 0 radical (unpaired) electrons. The Kier molecular flexibility index (Phi) is 4.01. The quantitative estimate of drug-likeness (QED) is 0.885. The molecule has 18 heavy (non-hydrogen) atoms. The van der Waals surface area contributed by atoms with Gasteiger partial charge in [-0.3, -0.25) is 14.4 Å². The van der Waals surface area contributed by atoms with Crippen LogP contribution in [0.1, 0.15) is 43.0 Å². The third-order valence-corrected chi connectivity index (χ3v) is 3.61. The van der Waals surface area contributed by atoms with Crippen LogP contribution in [0, 0.1) is 6.92 Å². The average Bonchev–Trinajstić information content (AvgIpc) is 2.66. The highest BCUT2D eigenvalue weighted by Gasteiger charge is 2.27. The highest BCUT2D eigenvalue weighted by molar-refractivity contribution is 5.68. The molecule has 1 N–H and O–H groups in total. The van der Waals surface area contributed by atoms with Gasteiger partial charge in [-0.1, -0.05) is 6.42 Å². The second-order valence-electron chi connectivity index (χ2n) is 5.05. The standard InChI is InChI=1S/C13H21N3O2/c1-10-11(9-15(2)14-10)12(8-13(17)18)16-6-4-3-5-7-16/h9,12H,3-8H2,1-2H3,(H,17,18). The highest BCUT2D eigenvalue weighted by atomic mass is 16.4. The summed E-state index contributed by atoms with van der Waals surface area (Å²) >= 11 is 0. The molecule has 2 heterocycles. The Bertz CT molecular complexity index is 422. The van der Waals surface area contributed by atoms with Gasteiger partial charge in [0.2, 0.25) is 0 Å². The summed E-state index contributed by atoms with van der Waals surface area (Å²) in [4.78, 5) is 13.4. The number of likely N-dealkylation sites (tertiary alicyclic amines) is 1. The van der Waals surface area contributed by atoms with Crippen LogP contribution in [-0.2, 0) is 11.8 Å². The number of hydrogen-bond acceptors (Lipinski definition) is 3. The molecule has 1 aromatic heterocycles. The number of piperidine rings is 1. The Morgan fingerprint density at radius 1 is 1.44 bits per heavy atom. The molecule has 1 atom stereocenters. The molecular formula is C13H21N3O2. The molecule has 0 spiro atoms. The van der Waals surface area contributed by atoms with Gasteiger partial charge in [-0.25, -0.2) is 0 Å². The van der Waals surface area contributed by atoms with Crippen molar-refractivity contribution < 1.29 is 9.90 Å². The van der Waals surface area contributed by atoms with Crippen molar-refractivity contribution in [1.29, 1.82) is 0 Å². The number of rotatable bonds is 4. The van der Waals surface area contributed by atoms with Crippen molar-refractivity contribution in [3.63, 3.8) is 0 Å². The van der Waals surface area contributed by atoms with E-state index in [4.69, 9.17) is 5.11 Å². The van der Waals surface area contributed by atoms with Crippen molar-refractivity contribution in [3.8, 4) is 0 Å². The van der Waals surface area contributed by atoms with Crippen molar-refractivity contribution in [2.45, 2.75) is 38.6 Å². The molecule has 5 heteroatoms. The minimum Gasteiger partial charge on any atom is -0.481 e. The van der Waals surface area contributed by atoms with E-state index in [0.29, 0.717) is 0 Å². The van der Waals surface area contributed by atoms with E-state index in [1.54, 1.807) is 4.68 Å². The summed E-state index contributed by atoms with van der Waals surface area (Å²) in [5.41, 5.74) is 2.00. The van der Waals surface area contributed by atoms with E-state index < -0.39 is 5.97 Å². The van der Waals surface area contributed by atoms with Crippen LogP contribution in [0.4, 0.5) is 0 Å². The molecule has 1 fully saturated rings. The molecule has 2 rings (SSSR count). The first-order valence-electron chi connectivity index (χ1n) is 6.54. The lowest BCUT2D eigenvalue weighted by atomic mass is 10.00. The summed E-state index contributed by atoms with van der Waals surface area (Å²) in [5, 5.41) is 13.5. The average molecular weight is 251 g/mol. The number of carbonyl (C=O) groups is 1. The summed E-state index contributed by atoms with van der Waals surface area (Å²) in [7, 11) is 1.88. The van der Waals surface area contributed by atoms with E-state index in [-0.39, 0.29) is 12.5 Å². The lowest BCUT2D eigenvalue weighted by Gasteiger charge is -2.33. The monoisotopic (exact) mass is 251 g/mol. The molecule has 100 valence electrons. The van der Waals surface area contributed by atoms with E-state index >= 15 is 0 Å². The summed E-state index contributed by atoms with van der Waals surface area (Å²) in [5.74, 6) is -0.742. The molecule has 1 aliphatic rings. The van der Waals surface area contributed by atoms with Gasteiger partial charge >= 0.3 is 5.97 Å². The topological polar surface area (TPSA) is 58.4 Å². The molecule has 0 saturated carbocycles. The fraction of sp³-hybridized carbons (Fsp3) is 0.692. The molecule has 0 amide bonds. The van der Waals surface area contributed by atoms with Gasteiger partial charge < -0.3 is 5.11 Å². The van der Waals surface area contributed by atoms with Gasteiger partial charge in [0.25, 0.3) is 0 Å². The Balaban J connectivity index is 2.23. The smallest absolute Gasteiger partial charge is 0.305 e. The van der Waals surface area contributed by atoms with Crippen LogP contribution in [-0.4, -0.2) is 38.8 Å². The Morgan fingerprint density at radius 2 is 2.11 bits per heavy atom. The van der Waals surface area contributed by atoms with Crippen molar-refractivity contribution in [1.82, 2.24) is 14.7 Å². The van der Waals surface area contributed by atoms with Gasteiger partial charge in [0, 0.05) is 24.8 Å². The normalized spacial score (nSPS) is 18.8. The molecule has 0 aliphatic carbocycles. The fourth-order valence-electron chi connectivity index (χ4n) is 2.78. The lowest BCUT2D eigenvalue weighted by Crippen LogP contribution is -2.35. The number of aromatic nitrogens is 2. The van der Waals surface area contributed by atoms with Gasteiger partial charge in [0.15, 0.2) is 0 Å². The number of aliphatic carboxylic acids is 1. The van der Waals surface area contributed by atoms with Gasteiger partial charge in [0.1, 0.15) is 0 Å². The van der Waals surface area contributed by atoms with Crippen LogP contribution in [0.25, 0.3) is 0 Å². The first-order chi connectivity index (χ1) is 8.58. The molecule has 1 saturated heterocycles. The predicted molar refractivity (Wildman–Crippen MR) is 68.4 cm³/mol. The van der Waals surface area contributed by atoms with Crippen LogP contribution in [0.2, 0.25) is 0 Å². The Hall–Kier alpha value is -1.36. The van der Waals surface area contributed by atoms with Crippen molar-refractivity contribution in [3.05, 3.63) is 17.5 Å². The summed E-state index contributed by atoms with van der Waals surface area (Å²) in [6.45, 7) is 3.94. The summed E-state index contributed by atoms with van der Waals surface area (Å²) < 4.78 is 1.77. The van der Waals surface area contributed by atoms with E-state index in [0.717, 1.165) is 37.2 Å². The second-order valence-corrected chi connectivity index (χ2v) is 5.05. The predicted octanol–water partition coefficient (Wildman–Crippen LogP) is 1.73. The largest absolute Gasteiger partial charge is 0.481 e. The third kappa shape index (κ3) is 2.90. The molecule has 1 aliphatic heterocycles. The minimum atomic E-state index is -0.742. The van der Waals surface area contributed by atoms with Gasteiger partial charge in [-0.15, -0.1) is 0 Å². The number of nitrogens with zero attached hydrogens (tertiary/aromatic N) is 3. The van der Waals surface area contributed by atoms with E-state index in [2.05, 4.69) is 10.00 Å². The fourth-order valence-corrected chi connectivity index (χ4v) is 2.78. The minimum absolute atomic E-state index is 0.0310. The molecule has 0 aromatic carbocycles. The SMILES string of the molecule is Cc1nn(C)cc1C(CC(=O)O)N1CCCCC1. The third-order valence-electron chi connectivity index (χ3n) is 3.61. The van der Waals surface area contributed by atoms with Crippen LogP contribution >= 0.6 is 0 Å². The zero-order chi connectivity index (χ0) is 13.1. The number of hydrogen-bond donors (Lipinski definition) is 1. The van der Waals surface area contributed by atoms with Gasteiger partial charge in [-0.05, 0) is 32.9 Å². The Morgan fingerprint density at radius 3 is 2.61 bits per heavy atom. The van der Waals surface area contributed by atoms with E-state index in [1.165, 1.54) is 6.42 Å². The zero-order valence-corrected chi connectivity index (χ0v) is 11.1. The van der Waals surface area contributed by atoms with Crippen molar-refractivity contribution >= 4 is 5.97 Å². The molecule has 0 bridgehead atoms. The maximum Gasteiger partial charge on any atom is 0.305 e. The van der Waals surface area contributed by atoms with Crippen LogP contribution in [0.15, 0.2) is 6.20 Å². The van der Waals surface area contributed by atoms with E-state index in [1.807, 2.05) is 20.2 Å². The zero-order valence-electron chi connectivity index (χ0n) is 11.1. The number of aryl methyl sites for hydroxylation is 2. The van der Waals surface area contributed by atoms with Gasteiger partial charge in [-0.2, -0.15) is 5.10 Å². The van der Waals surface area contributed by atoms with Crippen LogP contribution in [0.3, 0.4) is 0 Å². The van der Waals surface area contributed by atoms with Gasteiger partial charge in [0.05, 0.1) is 12.1 Å². The lowest BCUT2D eigenvalue weighted by molar-refractivity contribution is -0.138. The maximum absolute atomic E-state index is 11.1. The number of carboxylic acids is 1. The van der Waals surface area contributed by atoms with E-state index in [9.17, 15) is 4.79 Å². The first-order valence-corrected chi connectivity index (χ1v) is 6.54. The second kappa shape index (κ2) is 5.52. The van der Waals surface area contributed by atoms with Crippen LogP contribution in [0.5, 0.6) is 0 Å². The first kappa shape index (κ1) is 13.1. The molecule has 1 unspecified atom stereocenters. The number of carboxylic acid groups (broad SMARTS) is 1.